The van der Waals surface area contributed by atoms with Gasteiger partial charge in [-0.3, -0.25) is 4.79 Å². The Morgan fingerprint density at radius 1 is 0.339 bits per heavy atom. The average Bonchev–Trinajstić information content (AvgIpc) is 3.32. The van der Waals surface area contributed by atoms with Crippen LogP contribution in [0.15, 0.2) is 194 Å². The lowest BCUT2D eigenvalue weighted by molar-refractivity contribution is 0.103. The molecule has 8 aromatic carbocycles. The number of carbonyl (C=O) groups is 1. The van der Waals surface area contributed by atoms with Crippen molar-refractivity contribution in [3.8, 4) is 68.0 Å². The maximum absolute atomic E-state index is 13.9. The first-order valence-corrected chi connectivity index (χ1v) is 20.0. The van der Waals surface area contributed by atoms with Gasteiger partial charge in [-0.25, -0.2) is 19.9 Å². The molecule has 4 N–H and O–H groups in total. The number of rotatable bonds is 10. The zero-order valence-corrected chi connectivity index (χ0v) is 33.1. The molecule has 10 aromatic rings. The van der Waals surface area contributed by atoms with E-state index >= 15 is 0 Å². The zero-order chi connectivity index (χ0) is 42.0. The highest BCUT2D eigenvalue weighted by Crippen LogP contribution is 2.35. The van der Waals surface area contributed by atoms with Crippen LogP contribution in [0.2, 0.25) is 0 Å². The summed E-state index contributed by atoms with van der Waals surface area (Å²) in [5.41, 5.74) is 23.3. The van der Waals surface area contributed by atoms with Gasteiger partial charge in [0.2, 0.25) is 0 Å². The number of hydrogen-bond donors (Lipinski definition) is 2. The number of ether oxygens (including phenoxy) is 2. The van der Waals surface area contributed by atoms with Gasteiger partial charge in [-0.2, -0.15) is 0 Å². The number of anilines is 2. The summed E-state index contributed by atoms with van der Waals surface area (Å²) in [4.78, 5) is 34.3. The van der Waals surface area contributed by atoms with Crippen molar-refractivity contribution in [1.29, 1.82) is 0 Å². The van der Waals surface area contributed by atoms with Crippen molar-refractivity contribution in [2.24, 2.45) is 0 Å². The fraction of sp³-hybridized carbons (Fsp3) is 0. The number of hydrogen-bond acceptors (Lipinski definition) is 9. The summed E-state index contributed by atoms with van der Waals surface area (Å²) in [5.74, 6) is 2.51. The quantitative estimate of drug-likeness (QED) is 0.102. The minimum atomic E-state index is -0.105. The number of nitrogens with two attached hydrogens (primary N) is 2. The summed E-state index contributed by atoms with van der Waals surface area (Å²) in [5, 5.41) is 0. The molecule has 0 radical (unpaired) electrons. The van der Waals surface area contributed by atoms with Gasteiger partial charge < -0.3 is 20.9 Å². The Balaban J connectivity index is 0.933. The highest BCUT2D eigenvalue weighted by atomic mass is 16.5. The van der Waals surface area contributed by atoms with E-state index in [1.165, 1.54) is 0 Å². The van der Waals surface area contributed by atoms with E-state index in [-0.39, 0.29) is 5.78 Å². The Morgan fingerprint density at radius 3 is 1.03 bits per heavy atom. The molecule has 2 aromatic heterocycles. The first-order chi connectivity index (χ1) is 30.4. The largest absolute Gasteiger partial charge is 0.457 e. The van der Waals surface area contributed by atoms with E-state index in [9.17, 15) is 4.79 Å². The fourth-order valence-corrected chi connectivity index (χ4v) is 7.26. The third-order valence-electron chi connectivity index (χ3n) is 10.4. The summed E-state index contributed by atoms with van der Waals surface area (Å²) in [6, 6.07) is 60.7. The van der Waals surface area contributed by atoms with Crippen LogP contribution >= 0.6 is 0 Å². The van der Waals surface area contributed by atoms with Gasteiger partial charge in [-0.1, -0.05) is 109 Å². The highest BCUT2D eigenvalue weighted by molar-refractivity contribution is 6.09. The standard InChI is InChI=1S/C53H36N6O3/c54-39-19-23-41(24-20-39)61-43-27-29-45-47(31-43)58-49(33-7-3-1-4-8-33)51(56-45)35-11-15-37(16-12-35)53(60)38-17-13-36(14-18-38)52-50(34-9-5-2-6-10-34)59-48-32-44(28-30-46(48)57-52)62-42-25-21-40(55)22-26-42/h1-32H,54-55H2. The maximum atomic E-state index is 13.9. The topological polar surface area (TPSA) is 139 Å². The molecule has 10 rings (SSSR count). The van der Waals surface area contributed by atoms with Crippen LogP contribution in [0.3, 0.4) is 0 Å². The number of carbonyl (C=O) groups excluding carboxylic acids is 1. The fourth-order valence-electron chi connectivity index (χ4n) is 7.26. The number of fused-ring (bicyclic) bond motifs is 2. The van der Waals surface area contributed by atoms with Crippen LogP contribution < -0.4 is 20.9 Å². The molecular weight excluding hydrogens is 769 g/mol. The van der Waals surface area contributed by atoms with Gasteiger partial charge >= 0.3 is 0 Å². The van der Waals surface area contributed by atoms with Crippen molar-refractivity contribution >= 4 is 39.2 Å². The van der Waals surface area contributed by atoms with Crippen LogP contribution in [0.1, 0.15) is 15.9 Å². The van der Waals surface area contributed by atoms with Crippen LogP contribution in [-0.2, 0) is 0 Å². The van der Waals surface area contributed by atoms with Crippen molar-refractivity contribution in [1.82, 2.24) is 19.9 Å². The van der Waals surface area contributed by atoms with Gasteiger partial charge in [0.15, 0.2) is 5.78 Å². The molecule has 0 bridgehead atoms. The van der Waals surface area contributed by atoms with Crippen molar-refractivity contribution in [3.63, 3.8) is 0 Å². The van der Waals surface area contributed by atoms with E-state index in [2.05, 4.69) is 0 Å². The van der Waals surface area contributed by atoms with Gasteiger partial charge in [0.25, 0.3) is 0 Å². The summed E-state index contributed by atoms with van der Waals surface area (Å²) in [6.07, 6.45) is 0. The van der Waals surface area contributed by atoms with Crippen LogP contribution in [0.5, 0.6) is 23.0 Å². The first-order valence-electron chi connectivity index (χ1n) is 20.0. The lowest BCUT2D eigenvalue weighted by atomic mass is 9.97. The normalized spacial score (nSPS) is 11.1. The van der Waals surface area contributed by atoms with Crippen molar-refractivity contribution < 1.29 is 14.3 Å². The van der Waals surface area contributed by atoms with E-state index in [4.69, 9.17) is 40.9 Å². The summed E-state index contributed by atoms with van der Waals surface area (Å²) < 4.78 is 12.2. The third kappa shape index (κ3) is 7.77. The van der Waals surface area contributed by atoms with Gasteiger partial charge in [0, 0.05) is 56.9 Å². The predicted octanol–water partition coefficient (Wildman–Crippen LogP) is 12.2. The number of benzene rings is 8. The van der Waals surface area contributed by atoms with Gasteiger partial charge in [-0.05, 0) is 72.8 Å². The van der Waals surface area contributed by atoms with Crippen LogP contribution in [0.4, 0.5) is 11.4 Å². The molecule has 0 amide bonds. The zero-order valence-electron chi connectivity index (χ0n) is 33.1. The molecule has 0 atom stereocenters. The Morgan fingerprint density at radius 2 is 0.661 bits per heavy atom. The molecule has 296 valence electrons. The van der Waals surface area contributed by atoms with E-state index in [0.717, 1.165) is 33.6 Å². The second kappa shape index (κ2) is 16.2. The summed E-state index contributed by atoms with van der Waals surface area (Å²) >= 11 is 0. The van der Waals surface area contributed by atoms with Crippen molar-refractivity contribution in [2.75, 3.05) is 11.5 Å². The minimum absolute atomic E-state index is 0.105. The van der Waals surface area contributed by atoms with Crippen LogP contribution in [0, 0.1) is 0 Å². The molecule has 0 saturated carbocycles. The Kier molecular flexibility index (Phi) is 9.79. The van der Waals surface area contributed by atoms with E-state index < -0.39 is 0 Å². The monoisotopic (exact) mass is 804 g/mol. The molecule has 0 unspecified atom stereocenters. The third-order valence-corrected chi connectivity index (χ3v) is 10.4. The average molecular weight is 805 g/mol. The molecule has 0 spiro atoms. The molecule has 0 fully saturated rings. The second-order valence-electron chi connectivity index (χ2n) is 14.7. The van der Waals surface area contributed by atoms with Gasteiger partial charge in [0.1, 0.15) is 23.0 Å². The Labute approximate surface area is 357 Å². The van der Waals surface area contributed by atoms with Crippen molar-refractivity contribution in [3.05, 3.63) is 205 Å². The maximum Gasteiger partial charge on any atom is 0.193 e. The molecule has 2 heterocycles. The Hall–Kier alpha value is -8.69. The van der Waals surface area contributed by atoms with E-state index in [1.807, 2.05) is 170 Å². The van der Waals surface area contributed by atoms with Gasteiger partial charge in [0.05, 0.1) is 44.8 Å². The number of nitrogens with zero attached hydrogens (tertiary/aromatic N) is 4. The number of aromatic nitrogens is 4. The molecular formula is C53H36N6O3. The summed E-state index contributed by atoms with van der Waals surface area (Å²) in [7, 11) is 0. The smallest absolute Gasteiger partial charge is 0.193 e. The second-order valence-corrected chi connectivity index (χ2v) is 14.7. The molecule has 0 aliphatic heterocycles. The minimum Gasteiger partial charge on any atom is -0.457 e. The number of nitrogen functional groups attached to an aromatic ring is 2. The molecule has 9 nitrogen and oxygen atoms in total. The predicted molar refractivity (Wildman–Crippen MR) is 246 cm³/mol. The molecule has 0 aliphatic rings. The summed E-state index contributed by atoms with van der Waals surface area (Å²) in [6.45, 7) is 0. The van der Waals surface area contributed by atoms with Gasteiger partial charge in [-0.15, -0.1) is 0 Å². The van der Waals surface area contributed by atoms with E-state index in [1.54, 1.807) is 24.3 Å². The first kappa shape index (κ1) is 37.6. The number of ketones is 1. The lowest BCUT2D eigenvalue weighted by Gasteiger charge is -2.13. The van der Waals surface area contributed by atoms with Crippen LogP contribution in [-0.4, -0.2) is 25.7 Å². The molecule has 0 aliphatic carbocycles. The van der Waals surface area contributed by atoms with Crippen molar-refractivity contribution in [2.45, 2.75) is 0 Å². The van der Waals surface area contributed by atoms with E-state index in [0.29, 0.717) is 79.0 Å². The Bertz CT molecular complexity index is 3010. The molecule has 62 heavy (non-hydrogen) atoms. The molecule has 9 heteroatoms. The van der Waals surface area contributed by atoms with Crippen LogP contribution in [0.25, 0.3) is 67.1 Å². The SMILES string of the molecule is Nc1ccc(Oc2ccc3nc(-c4ccc(C(=O)c5ccc(-c6nc7ccc(Oc8ccc(N)cc8)cc7nc6-c6ccccc6)cc5)cc4)c(-c4ccccc4)nc3c2)cc1. The lowest BCUT2D eigenvalue weighted by Crippen LogP contribution is -2.02. The molecule has 0 saturated heterocycles. The highest BCUT2D eigenvalue weighted by Gasteiger charge is 2.18.